The van der Waals surface area contributed by atoms with Crippen molar-refractivity contribution >= 4 is 36.8 Å². The Hall–Kier alpha value is -2.70. The average molecular weight is 512 g/mol. The summed E-state index contributed by atoms with van der Waals surface area (Å²) >= 11 is 1.73. The van der Waals surface area contributed by atoms with Crippen molar-refractivity contribution in [3.8, 4) is 11.3 Å². The Labute approximate surface area is 210 Å². The fourth-order valence-corrected chi connectivity index (χ4v) is 6.26. The van der Waals surface area contributed by atoms with Crippen LogP contribution in [0.5, 0.6) is 0 Å². The number of aromatic nitrogens is 8. The van der Waals surface area contributed by atoms with E-state index >= 15 is 0 Å². The smallest absolute Gasteiger partial charge is 0.240 e. The molecule has 0 amide bonds. The van der Waals surface area contributed by atoms with Crippen LogP contribution in [0.15, 0.2) is 36.1 Å². The van der Waals surface area contributed by atoms with Crippen LogP contribution in [0, 0.1) is 0 Å². The Morgan fingerprint density at radius 1 is 1.20 bits per heavy atom. The molecule has 186 valence electrons. The Morgan fingerprint density at radius 3 is 2.77 bits per heavy atom. The molecule has 4 heterocycles. The number of aromatic amines is 1. The molecule has 0 atom stereocenters. The van der Waals surface area contributed by atoms with Crippen LogP contribution in [0.3, 0.4) is 0 Å². The van der Waals surface area contributed by atoms with E-state index in [0.717, 1.165) is 65.8 Å². The number of nitrogen functional groups attached to an aromatic ring is 1. The first-order valence-corrected chi connectivity index (χ1v) is 16.7. The van der Waals surface area contributed by atoms with Crippen molar-refractivity contribution in [2.45, 2.75) is 74.5 Å². The fraction of sp³-hybridized carbons (Fsp3) is 0.522. The van der Waals surface area contributed by atoms with E-state index in [1.165, 1.54) is 0 Å². The summed E-state index contributed by atoms with van der Waals surface area (Å²) in [6.45, 7) is 8.38. The monoisotopic (exact) mass is 511 g/mol. The zero-order valence-corrected chi connectivity index (χ0v) is 22.3. The third-order valence-corrected chi connectivity index (χ3v) is 9.35. The number of fused-ring (bicyclic) bond motifs is 1. The van der Waals surface area contributed by atoms with Crippen molar-refractivity contribution in [2.75, 3.05) is 12.3 Å². The standard InChI is InChI=1S/C23H33N9OSSi/c1-35(2,3)11-10-33-15-31-9-8-19-20(25-14-26-21(19)31)16-12-27-32(13-16)17-4-6-18(7-5-17)34-23-28-22(24)29-30-23/h8-9,12-14,17-18H,4-7,10-11,15H2,1-3H3,(H3,24,28,29,30). The van der Waals surface area contributed by atoms with Crippen molar-refractivity contribution in [2.24, 2.45) is 0 Å². The number of anilines is 1. The third kappa shape index (κ3) is 5.76. The van der Waals surface area contributed by atoms with E-state index in [1.807, 2.05) is 12.4 Å². The maximum absolute atomic E-state index is 5.94. The topological polar surface area (TPSA) is 125 Å². The average Bonchev–Trinajstić information content (AvgIpc) is 3.57. The minimum Gasteiger partial charge on any atom is -0.366 e. The minimum absolute atomic E-state index is 0.300. The summed E-state index contributed by atoms with van der Waals surface area (Å²) in [7, 11) is -1.10. The molecule has 0 saturated heterocycles. The maximum Gasteiger partial charge on any atom is 0.240 e. The maximum atomic E-state index is 5.94. The Kier molecular flexibility index (Phi) is 6.94. The van der Waals surface area contributed by atoms with Crippen LogP contribution in [0.1, 0.15) is 31.7 Å². The van der Waals surface area contributed by atoms with Crippen LogP contribution in [0.2, 0.25) is 25.7 Å². The summed E-state index contributed by atoms with van der Waals surface area (Å²) in [6.07, 6.45) is 12.1. The Balaban J connectivity index is 1.23. The van der Waals surface area contributed by atoms with Crippen LogP contribution in [-0.4, -0.2) is 59.4 Å². The lowest BCUT2D eigenvalue weighted by Gasteiger charge is -2.27. The van der Waals surface area contributed by atoms with E-state index in [9.17, 15) is 0 Å². The van der Waals surface area contributed by atoms with Gasteiger partial charge in [-0.15, -0.1) is 5.10 Å². The van der Waals surface area contributed by atoms with Crippen LogP contribution < -0.4 is 5.73 Å². The largest absolute Gasteiger partial charge is 0.366 e. The SMILES string of the molecule is C[Si](C)(C)CCOCn1ccc2c(-c3cnn(C4CCC(Sc5nc(N)n[nH]5)CC4)c3)ncnc21. The molecular formula is C23H33N9OSSi. The summed E-state index contributed by atoms with van der Waals surface area (Å²) in [6, 6.07) is 3.62. The highest BCUT2D eigenvalue weighted by molar-refractivity contribution is 7.99. The lowest BCUT2D eigenvalue weighted by atomic mass is 9.95. The van der Waals surface area contributed by atoms with E-state index in [4.69, 9.17) is 15.6 Å². The van der Waals surface area contributed by atoms with Crippen molar-refractivity contribution in [1.82, 2.24) is 39.5 Å². The van der Waals surface area contributed by atoms with Crippen molar-refractivity contribution in [1.29, 1.82) is 0 Å². The van der Waals surface area contributed by atoms with Gasteiger partial charge in [0.25, 0.3) is 0 Å². The first-order valence-electron chi connectivity index (χ1n) is 12.1. The van der Waals surface area contributed by atoms with Gasteiger partial charge in [-0.05, 0) is 37.8 Å². The predicted octanol–water partition coefficient (Wildman–Crippen LogP) is 4.58. The summed E-state index contributed by atoms with van der Waals surface area (Å²) < 4.78 is 10.1. The van der Waals surface area contributed by atoms with Crippen molar-refractivity contribution in [3.63, 3.8) is 0 Å². The van der Waals surface area contributed by atoms with E-state index < -0.39 is 8.07 Å². The zero-order valence-electron chi connectivity index (χ0n) is 20.5. The van der Waals surface area contributed by atoms with E-state index in [-0.39, 0.29) is 0 Å². The van der Waals surface area contributed by atoms with Crippen LogP contribution in [-0.2, 0) is 11.5 Å². The molecule has 4 aromatic rings. The van der Waals surface area contributed by atoms with Crippen molar-refractivity contribution in [3.05, 3.63) is 31.0 Å². The van der Waals surface area contributed by atoms with Gasteiger partial charge < -0.3 is 15.0 Å². The van der Waals surface area contributed by atoms with Gasteiger partial charge in [-0.2, -0.15) is 10.1 Å². The molecule has 12 heteroatoms. The molecule has 1 saturated carbocycles. The lowest BCUT2D eigenvalue weighted by Crippen LogP contribution is -2.22. The Bertz CT molecular complexity index is 1270. The fourth-order valence-electron chi connectivity index (χ4n) is 4.44. The van der Waals surface area contributed by atoms with Gasteiger partial charge in [-0.25, -0.2) is 9.97 Å². The van der Waals surface area contributed by atoms with Gasteiger partial charge in [0.1, 0.15) is 18.7 Å². The number of nitrogens with two attached hydrogens (primary N) is 1. The van der Waals surface area contributed by atoms with Crippen LogP contribution >= 0.6 is 11.8 Å². The molecule has 0 radical (unpaired) electrons. The van der Waals surface area contributed by atoms with Crippen molar-refractivity contribution < 1.29 is 4.74 Å². The molecule has 3 N–H and O–H groups in total. The summed E-state index contributed by atoms with van der Waals surface area (Å²) in [5, 5.41) is 13.8. The molecule has 1 fully saturated rings. The molecule has 10 nitrogen and oxygen atoms in total. The quantitative estimate of drug-likeness (QED) is 0.247. The second-order valence-electron chi connectivity index (χ2n) is 10.3. The van der Waals surface area contributed by atoms with E-state index in [0.29, 0.717) is 24.0 Å². The molecule has 0 spiro atoms. The summed E-state index contributed by atoms with van der Waals surface area (Å²) in [5.74, 6) is 0.300. The second-order valence-corrected chi connectivity index (χ2v) is 17.3. The van der Waals surface area contributed by atoms with Gasteiger partial charge in [0, 0.05) is 43.3 Å². The first-order chi connectivity index (χ1) is 16.9. The van der Waals surface area contributed by atoms with Gasteiger partial charge >= 0.3 is 0 Å². The van der Waals surface area contributed by atoms with E-state index in [2.05, 4.69) is 66.3 Å². The van der Waals surface area contributed by atoms with Crippen LogP contribution in [0.25, 0.3) is 22.3 Å². The number of hydrogen-bond donors (Lipinski definition) is 2. The molecular weight excluding hydrogens is 478 g/mol. The molecule has 0 aromatic carbocycles. The highest BCUT2D eigenvalue weighted by atomic mass is 32.2. The van der Waals surface area contributed by atoms with Gasteiger partial charge in [-0.3, -0.25) is 9.78 Å². The third-order valence-electron chi connectivity index (χ3n) is 6.44. The summed E-state index contributed by atoms with van der Waals surface area (Å²) in [5.41, 5.74) is 8.43. The number of nitrogens with one attached hydrogen (secondary N) is 1. The highest BCUT2D eigenvalue weighted by Gasteiger charge is 2.25. The molecule has 4 aromatic heterocycles. The number of ether oxygens (including phenoxy) is 1. The first kappa shape index (κ1) is 24.0. The number of hydrogen-bond acceptors (Lipinski definition) is 8. The highest BCUT2D eigenvalue weighted by Crippen LogP contribution is 2.37. The van der Waals surface area contributed by atoms with Gasteiger partial charge in [0.2, 0.25) is 5.95 Å². The predicted molar refractivity (Wildman–Crippen MR) is 141 cm³/mol. The number of H-pyrrole nitrogens is 1. The number of nitrogens with zero attached hydrogens (tertiary/aromatic N) is 7. The zero-order chi connectivity index (χ0) is 24.4. The molecule has 0 bridgehead atoms. The molecule has 0 unspecified atom stereocenters. The van der Waals surface area contributed by atoms with Gasteiger partial charge in [0.05, 0.1) is 17.9 Å². The number of thioether (sulfide) groups is 1. The number of rotatable bonds is 9. The summed E-state index contributed by atoms with van der Waals surface area (Å²) in [4.78, 5) is 13.3. The van der Waals surface area contributed by atoms with E-state index in [1.54, 1.807) is 18.1 Å². The van der Waals surface area contributed by atoms with Gasteiger partial charge in [-0.1, -0.05) is 31.4 Å². The molecule has 5 rings (SSSR count). The van der Waals surface area contributed by atoms with Crippen LogP contribution in [0.4, 0.5) is 5.95 Å². The second kappa shape index (κ2) is 10.1. The Morgan fingerprint density at radius 2 is 2.03 bits per heavy atom. The molecule has 0 aliphatic heterocycles. The molecule has 35 heavy (non-hydrogen) atoms. The lowest BCUT2D eigenvalue weighted by molar-refractivity contribution is 0.0899. The van der Waals surface area contributed by atoms with Gasteiger partial charge in [0.15, 0.2) is 5.16 Å². The minimum atomic E-state index is -1.10. The molecule has 1 aliphatic rings. The molecule has 1 aliphatic carbocycles. The normalized spacial score (nSPS) is 18.9.